The Bertz CT molecular complexity index is 290. The molecule has 0 atom stereocenters. The van der Waals surface area contributed by atoms with E-state index in [1.165, 1.54) is 0 Å². The Morgan fingerprint density at radius 1 is 1.27 bits per heavy atom. The maximum absolute atomic E-state index is 12.4. The molecule has 1 aromatic rings. The normalized spacial score (nSPS) is 11.5. The van der Waals surface area contributed by atoms with Crippen LogP contribution in [0.4, 0.5) is 8.78 Å². The number of rotatable bonds is 5. The van der Waals surface area contributed by atoms with Gasteiger partial charge in [-0.3, -0.25) is 0 Å². The molecule has 0 aliphatic heterocycles. The van der Waals surface area contributed by atoms with Crippen LogP contribution in [0.3, 0.4) is 0 Å². The van der Waals surface area contributed by atoms with Gasteiger partial charge in [0.15, 0.2) is 6.61 Å². The lowest BCUT2D eigenvalue weighted by molar-refractivity contribution is -0.0229. The zero-order valence-corrected chi connectivity index (χ0v) is 8.54. The highest BCUT2D eigenvalue weighted by atomic mass is 19.3. The van der Waals surface area contributed by atoms with E-state index in [0.29, 0.717) is 12.2 Å². The van der Waals surface area contributed by atoms with Gasteiger partial charge in [0.25, 0.3) is 5.92 Å². The molecule has 0 saturated heterocycles. The minimum absolute atomic E-state index is 0.0766. The Morgan fingerprint density at radius 2 is 1.87 bits per heavy atom. The summed E-state index contributed by atoms with van der Waals surface area (Å²) in [5, 5.41) is 8.67. The molecule has 0 amide bonds. The van der Waals surface area contributed by atoms with Crippen LogP contribution < -0.4 is 4.74 Å². The molecule has 1 N–H and O–H groups in total. The molecule has 4 heteroatoms. The van der Waals surface area contributed by atoms with Crippen LogP contribution in [-0.4, -0.2) is 24.2 Å². The molecule has 15 heavy (non-hydrogen) atoms. The largest absolute Gasteiger partial charge is 0.487 e. The second-order valence-electron chi connectivity index (χ2n) is 3.48. The molecule has 0 radical (unpaired) electrons. The van der Waals surface area contributed by atoms with Crippen LogP contribution in [0.15, 0.2) is 24.3 Å². The number of benzene rings is 1. The third-order valence-corrected chi connectivity index (χ3v) is 1.82. The Hall–Kier alpha value is -1.16. The zero-order valence-electron chi connectivity index (χ0n) is 8.54. The number of alkyl halides is 2. The van der Waals surface area contributed by atoms with Crippen LogP contribution in [0, 0.1) is 0 Å². The maximum Gasteiger partial charge on any atom is 0.278 e. The zero-order chi connectivity index (χ0) is 11.3. The Morgan fingerprint density at radius 3 is 2.33 bits per heavy atom. The van der Waals surface area contributed by atoms with E-state index in [1.54, 1.807) is 24.3 Å². The van der Waals surface area contributed by atoms with E-state index in [4.69, 9.17) is 9.84 Å². The summed E-state index contributed by atoms with van der Waals surface area (Å²) < 4.78 is 29.8. The van der Waals surface area contributed by atoms with Crippen molar-refractivity contribution in [1.82, 2.24) is 0 Å². The van der Waals surface area contributed by atoms with Gasteiger partial charge in [0.05, 0.1) is 0 Å². The lowest BCUT2D eigenvalue weighted by atomic mass is 10.1. The topological polar surface area (TPSA) is 29.5 Å². The van der Waals surface area contributed by atoms with Gasteiger partial charge in [0, 0.05) is 13.5 Å². The molecule has 0 aromatic heterocycles. The van der Waals surface area contributed by atoms with Crippen molar-refractivity contribution in [2.24, 2.45) is 0 Å². The van der Waals surface area contributed by atoms with E-state index in [9.17, 15) is 8.78 Å². The van der Waals surface area contributed by atoms with Crippen molar-refractivity contribution in [3.8, 4) is 5.75 Å². The Labute approximate surface area is 87.5 Å². The Kier molecular flexibility index (Phi) is 4.03. The van der Waals surface area contributed by atoms with E-state index in [-0.39, 0.29) is 6.61 Å². The lowest BCUT2D eigenvalue weighted by Crippen LogP contribution is -2.20. The van der Waals surface area contributed by atoms with Crippen LogP contribution >= 0.6 is 0 Å². The molecule has 0 unspecified atom stereocenters. The highest BCUT2D eigenvalue weighted by Crippen LogP contribution is 2.17. The van der Waals surface area contributed by atoms with E-state index in [1.807, 2.05) is 0 Å². The van der Waals surface area contributed by atoms with Crippen LogP contribution in [0.5, 0.6) is 5.75 Å². The minimum Gasteiger partial charge on any atom is -0.487 e. The molecule has 0 bridgehead atoms. The number of aliphatic hydroxyl groups is 1. The molecular formula is C11H14F2O2. The van der Waals surface area contributed by atoms with Crippen LogP contribution in [0.1, 0.15) is 12.5 Å². The SMILES string of the molecule is CC(F)(F)COc1ccc(CCO)cc1. The van der Waals surface area contributed by atoms with Crippen LogP contribution in [0.2, 0.25) is 0 Å². The van der Waals surface area contributed by atoms with Gasteiger partial charge in [-0.05, 0) is 24.1 Å². The predicted molar refractivity (Wildman–Crippen MR) is 53.3 cm³/mol. The van der Waals surface area contributed by atoms with Gasteiger partial charge in [-0.2, -0.15) is 0 Å². The van der Waals surface area contributed by atoms with E-state index in [2.05, 4.69) is 0 Å². The van der Waals surface area contributed by atoms with E-state index in [0.717, 1.165) is 12.5 Å². The molecule has 1 rings (SSSR count). The van der Waals surface area contributed by atoms with Crippen molar-refractivity contribution in [1.29, 1.82) is 0 Å². The summed E-state index contributed by atoms with van der Waals surface area (Å²) in [4.78, 5) is 0. The quantitative estimate of drug-likeness (QED) is 0.818. The molecule has 0 aliphatic carbocycles. The summed E-state index contributed by atoms with van der Waals surface area (Å²) in [6, 6.07) is 6.74. The summed E-state index contributed by atoms with van der Waals surface area (Å²) in [5.74, 6) is -2.40. The van der Waals surface area contributed by atoms with Gasteiger partial charge in [-0.1, -0.05) is 12.1 Å². The Balaban J connectivity index is 2.50. The number of halogens is 2. The number of hydrogen-bond donors (Lipinski definition) is 1. The number of ether oxygens (including phenoxy) is 1. The molecule has 84 valence electrons. The fourth-order valence-corrected chi connectivity index (χ4v) is 1.09. The summed E-state index contributed by atoms with van der Waals surface area (Å²) >= 11 is 0. The molecule has 0 spiro atoms. The van der Waals surface area contributed by atoms with Crippen LogP contribution in [-0.2, 0) is 6.42 Å². The van der Waals surface area contributed by atoms with Gasteiger partial charge >= 0.3 is 0 Å². The van der Waals surface area contributed by atoms with E-state index >= 15 is 0 Å². The molecule has 1 aromatic carbocycles. The third-order valence-electron chi connectivity index (χ3n) is 1.82. The van der Waals surface area contributed by atoms with Crippen molar-refractivity contribution >= 4 is 0 Å². The minimum atomic E-state index is -2.82. The molecule has 2 nitrogen and oxygen atoms in total. The van der Waals surface area contributed by atoms with Gasteiger partial charge in [-0.25, -0.2) is 8.78 Å². The van der Waals surface area contributed by atoms with Gasteiger partial charge < -0.3 is 9.84 Å². The second-order valence-corrected chi connectivity index (χ2v) is 3.48. The maximum atomic E-state index is 12.4. The highest BCUT2D eigenvalue weighted by Gasteiger charge is 2.21. The molecule has 0 fully saturated rings. The summed E-state index contributed by atoms with van der Waals surface area (Å²) in [7, 11) is 0. The molecular weight excluding hydrogens is 202 g/mol. The fourth-order valence-electron chi connectivity index (χ4n) is 1.09. The molecule has 0 saturated carbocycles. The summed E-state index contributed by atoms with van der Waals surface area (Å²) in [6.07, 6.45) is 0.560. The first-order chi connectivity index (χ1) is 7.01. The van der Waals surface area contributed by atoms with Crippen molar-refractivity contribution in [3.05, 3.63) is 29.8 Å². The predicted octanol–water partition coefficient (Wildman–Crippen LogP) is 2.26. The number of aliphatic hydroxyl groups excluding tert-OH is 1. The van der Waals surface area contributed by atoms with Gasteiger partial charge in [0.1, 0.15) is 5.75 Å². The third kappa shape index (κ3) is 4.74. The molecule has 0 aliphatic rings. The second kappa shape index (κ2) is 5.07. The van der Waals surface area contributed by atoms with Crippen molar-refractivity contribution < 1.29 is 18.6 Å². The highest BCUT2D eigenvalue weighted by molar-refractivity contribution is 5.27. The fraction of sp³-hybridized carbons (Fsp3) is 0.455. The van der Waals surface area contributed by atoms with Gasteiger partial charge in [-0.15, -0.1) is 0 Å². The molecule has 0 heterocycles. The lowest BCUT2D eigenvalue weighted by Gasteiger charge is -2.12. The standard InChI is InChI=1S/C11H14F2O2/c1-11(12,13)8-15-10-4-2-9(3-5-10)6-7-14/h2-5,14H,6-8H2,1H3. The number of hydrogen-bond acceptors (Lipinski definition) is 2. The summed E-state index contributed by atoms with van der Waals surface area (Å²) in [6.45, 7) is 0.271. The average molecular weight is 216 g/mol. The van der Waals surface area contributed by atoms with Crippen molar-refractivity contribution in [3.63, 3.8) is 0 Å². The van der Waals surface area contributed by atoms with E-state index < -0.39 is 12.5 Å². The van der Waals surface area contributed by atoms with Crippen LogP contribution in [0.25, 0.3) is 0 Å². The monoisotopic (exact) mass is 216 g/mol. The first kappa shape index (κ1) is 11.9. The first-order valence-corrected chi connectivity index (χ1v) is 4.72. The van der Waals surface area contributed by atoms with Crippen molar-refractivity contribution in [2.75, 3.05) is 13.2 Å². The summed E-state index contributed by atoms with van der Waals surface area (Å²) in [5.41, 5.74) is 0.952. The smallest absolute Gasteiger partial charge is 0.278 e. The first-order valence-electron chi connectivity index (χ1n) is 4.72. The average Bonchev–Trinajstić information content (AvgIpc) is 2.16. The van der Waals surface area contributed by atoms with Gasteiger partial charge in [0.2, 0.25) is 0 Å². The van der Waals surface area contributed by atoms with Crippen molar-refractivity contribution in [2.45, 2.75) is 19.3 Å².